The number of nitrogens with one attached hydrogen (secondary N) is 1. The molecule has 6 heteroatoms. The largest absolute Gasteiger partial charge is 0.497 e. The van der Waals surface area contributed by atoms with Gasteiger partial charge in [-0.05, 0) is 62.1 Å². The predicted octanol–water partition coefficient (Wildman–Crippen LogP) is 3.63. The van der Waals surface area contributed by atoms with E-state index >= 15 is 0 Å². The number of nitrogens with zero attached hydrogens (tertiary/aromatic N) is 1. The molecule has 0 radical (unpaired) electrons. The van der Waals surface area contributed by atoms with Crippen LogP contribution in [0.4, 0.5) is 0 Å². The molecule has 0 saturated heterocycles. The van der Waals surface area contributed by atoms with Crippen LogP contribution in [-0.2, 0) is 16.1 Å². The molecule has 1 atom stereocenters. The number of benzene rings is 2. The van der Waals surface area contributed by atoms with Gasteiger partial charge in [-0.2, -0.15) is 0 Å². The van der Waals surface area contributed by atoms with Crippen LogP contribution in [-0.4, -0.2) is 43.0 Å². The highest BCUT2D eigenvalue weighted by Crippen LogP contribution is 2.21. The Kier molecular flexibility index (Phi) is 8.71. The van der Waals surface area contributed by atoms with Crippen molar-refractivity contribution < 1.29 is 19.1 Å². The summed E-state index contributed by atoms with van der Waals surface area (Å²) in [6.45, 7) is 8.41. The monoisotopic (exact) mass is 412 g/mol. The van der Waals surface area contributed by atoms with Gasteiger partial charge >= 0.3 is 0 Å². The number of amides is 2. The summed E-state index contributed by atoms with van der Waals surface area (Å²) in [6, 6.07) is 12.6. The lowest BCUT2D eigenvalue weighted by Gasteiger charge is -2.29. The molecule has 2 amide bonds. The molecule has 0 heterocycles. The van der Waals surface area contributed by atoms with Crippen LogP contribution in [0.3, 0.4) is 0 Å². The van der Waals surface area contributed by atoms with Crippen LogP contribution in [0.1, 0.15) is 37.0 Å². The number of rotatable bonds is 10. The fourth-order valence-electron chi connectivity index (χ4n) is 3.05. The number of carbonyl (C=O) groups is 2. The maximum absolute atomic E-state index is 13.1. The molecule has 6 nitrogen and oxygen atoms in total. The predicted molar refractivity (Wildman–Crippen MR) is 118 cm³/mol. The molecule has 1 N–H and O–H groups in total. The van der Waals surface area contributed by atoms with Gasteiger partial charge in [0, 0.05) is 13.1 Å². The average molecular weight is 413 g/mol. The highest BCUT2D eigenvalue weighted by atomic mass is 16.5. The Labute approximate surface area is 179 Å². The van der Waals surface area contributed by atoms with Gasteiger partial charge in [-0.25, -0.2) is 0 Å². The maximum Gasteiger partial charge on any atom is 0.261 e. The highest BCUT2D eigenvalue weighted by Gasteiger charge is 2.26. The lowest BCUT2D eigenvalue weighted by Crippen LogP contribution is -2.49. The van der Waals surface area contributed by atoms with E-state index in [0.29, 0.717) is 18.0 Å². The van der Waals surface area contributed by atoms with Crippen molar-refractivity contribution in [3.05, 3.63) is 59.2 Å². The third-order valence-electron chi connectivity index (χ3n) is 5.11. The normalized spacial score (nSPS) is 11.5. The Bertz CT molecular complexity index is 866. The Hall–Kier alpha value is -3.02. The number of hydrogen-bond donors (Lipinski definition) is 1. The summed E-state index contributed by atoms with van der Waals surface area (Å²) in [5, 5.41) is 2.87. The molecular weight excluding hydrogens is 380 g/mol. The molecule has 0 aromatic heterocycles. The molecule has 0 unspecified atom stereocenters. The zero-order chi connectivity index (χ0) is 22.1. The van der Waals surface area contributed by atoms with Crippen LogP contribution in [0, 0.1) is 13.8 Å². The SMILES string of the molecule is CCCNC(=O)[C@@H](C)N(Cc1cccc(OC)c1)C(=O)COc1cccc(C)c1C. The van der Waals surface area contributed by atoms with E-state index in [2.05, 4.69) is 5.32 Å². The Morgan fingerprint density at radius 1 is 1.13 bits per heavy atom. The summed E-state index contributed by atoms with van der Waals surface area (Å²) < 4.78 is 11.1. The van der Waals surface area contributed by atoms with Crippen molar-refractivity contribution in [1.82, 2.24) is 10.2 Å². The van der Waals surface area contributed by atoms with Gasteiger partial charge in [-0.3, -0.25) is 9.59 Å². The lowest BCUT2D eigenvalue weighted by atomic mass is 10.1. The Balaban J connectivity index is 2.18. The second-order valence-electron chi connectivity index (χ2n) is 7.33. The molecule has 162 valence electrons. The van der Waals surface area contributed by atoms with Gasteiger partial charge in [0.2, 0.25) is 5.91 Å². The summed E-state index contributed by atoms with van der Waals surface area (Å²) in [5.74, 6) is 0.945. The molecule has 0 spiro atoms. The van der Waals surface area contributed by atoms with Crippen LogP contribution in [0.15, 0.2) is 42.5 Å². The molecule has 0 saturated carbocycles. The standard InChI is InChI=1S/C24H32N2O4/c1-6-13-25-24(28)19(4)26(15-20-10-8-11-21(14-20)29-5)23(27)16-30-22-12-7-9-17(2)18(22)3/h7-12,14,19H,6,13,15-16H2,1-5H3,(H,25,28)/t19-/m1/s1. The van der Waals surface area contributed by atoms with Crippen LogP contribution in [0.5, 0.6) is 11.5 Å². The van der Waals surface area contributed by atoms with Crippen molar-refractivity contribution in [2.45, 2.75) is 46.7 Å². The van der Waals surface area contributed by atoms with E-state index in [0.717, 1.165) is 23.1 Å². The zero-order valence-corrected chi connectivity index (χ0v) is 18.5. The van der Waals surface area contributed by atoms with Crippen molar-refractivity contribution in [2.75, 3.05) is 20.3 Å². The van der Waals surface area contributed by atoms with Gasteiger partial charge in [0.15, 0.2) is 6.61 Å². The molecule has 2 aromatic rings. The first-order valence-electron chi connectivity index (χ1n) is 10.3. The summed E-state index contributed by atoms with van der Waals surface area (Å²) in [4.78, 5) is 27.2. The Morgan fingerprint density at radius 3 is 2.57 bits per heavy atom. The van der Waals surface area contributed by atoms with Crippen molar-refractivity contribution in [1.29, 1.82) is 0 Å². The third kappa shape index (κ3) is 6.24. The summed E-state index contributed by atoms with van der Waals surface area (Å²) >= 11 is 0. The van der Waals surface area contributed by atoms with Gasteiger partial charge < -0.3 is 19.7 Å². The van der Waals surface area contributed by atoms with Gasteiger partial charge in [0.25, 0.3) is 5.91 Å². The van der Waals surface area contributed by atoms with E-state index < -0.39 is 6.04 Å². The third-order valence-corrected chi connectivity index (χ3v) is 5.11. The van der Waals surface area contributed by atoms with E-state index in [1.54, 1.807) is 18.9 Å². The number of aryl methyl sites for hydroxylation is 1. The molecule has 30 heavy (non-hydrogen) atoms. The number of ether oxygens (including phenoxy) is 2. The minimum Gasteiger partial charge on any atom is -0.497 e. The molecule has 0 aliphatic carbocycles. The van der Waals surface area contributed by atoms with Gasteiger partial charge in [0.1, 0.15) is 17.5 Å². The fraction of sp³-hybridized carbons (Fsp3) is 0.417. The first-order valence-corrected chi connectivity index (χ1v) is 10.3. The van der Waals surface area contributed by atoms with E-state index in [9.17, 15) is 9.59 Å². The smallest absolute Gasteiger partial charge is 0.261 e. The minimum absolute atomic E-state index is 0.139. The molecule has 0 fully saturated rings. The number of carbonyl (C=O) groups excluding carboxylic acids is 2. The first-order chi connectivity index (χ1) is 14.4. The summed E-state index contributed by atoms with van der Waals surface area (Å²) in [5.41, 5.74) is 2.98. The lowest BCUT2D eigenvalue weighted by molar-refractivity contribution is -0.142. The fourth-order valence-corrected chi connectivity index (χ4v) is 3.05. The summed E-state index contributed by atoms with van der Waals surface area (Å²) in [6.07, 6.45) is 0.831. The Morgan fingerprint density at radius 2 is 1.87 bits per heavy atom. The molecule has 2 rings (SSSR count). The van der Waals surface area contributed by atoms with Gasteiger partial charge in [-0.15, -0.1) is 0 Å². The van der Waals surface area contributed by atoms with Gasteiger partial charge in [0.05, 0.1) is 7.11 Å². The van der Waals surface area contributed by atoms with Crippen LogP contribution >= 0.6 is 0 Å². The van der Waals surface area contributed by atoms with Crippen molar-refractivity contribution in [3.8, 4) is 11.5 Å². The topological polar surface area (TPSA) is 67.9 Å². The van der Waals surface area contributed by atoms with E-state index in [1.807, 2.05) is 63.2 Å². The van der Waals surface area contributed by atoms with Crippen LogP contribution < -0.4 is 14.8 Å². The minimum atomic E-state index is -0.627. The molecule has 0 aliphatic rings. The first kappa shape index (κ1) is 23.3. The highest BCUT2D eigenvalue weighted by molar-refractivity contribution is 5.88. The van der Waals surface area contributed by atoms with Gasteiger partial charge in [-0.1, -0.05) is 31.2 Å². The maximum atomic E-state index is 13.1. The van der Waals surface area contributed by atoms with E-state index in [4.69, 9.17) is 9.47 Å². The van der Waals surface area contributed by atoms with Crippen molar-refractivity contribution >= 4 is 11.8 Å². The average Bonchev–Trinajstić information content (AvgIpc) is 2.76. The van der Waals surface area contributed by atoms with E-state index in [1.165, 1.54) is 0 Å². The molecule has 2 aromatic carbocycles. The number of methoxy groups -OCH3 is 1. The summed E-state index contributed by atoms with van der Waals surface area (Å²) in [7, 11) is 1.60. The quantitative estimate of drug-likeness (QED) is 0.647. The molecule has 0 bridgehead atoms. The van der Waals surface area contributed by atoms with E-state index in [-0.39, 0.29) is 25.0 Å². The van der Waals surface area contributed by atoms with Crippen LogP contribution in [0.25, 0.3) is 0 Å². The van der Waals surface area contributed by atoms with Crippen molar-refractivity contribution in [3.63, 3.8) is 0 Å². The second-order valence-corrected chi connectivity index (χ2v) is 7.33. The molecule has 0 aliphatic heterocycles. The zero-order valence-electron chi connectivity index (χ0n) is 18.5. The molecular formula is C24H32N2O4. The van der Waals surface area contributed by atoms with Crippen molar-refractivity contribution in [2.24, 2.45) is 0 Å². The second kappa shape index (κ2) is 11.2. The number of hydrogen-bond acceptors (Lipinski definition) is 4. The van der Waals surface area contributed by atoms with Crippen LogP contribution in [0.2, 0.25) is 0 Å².